The molecule has 0 radical (unpaired) electrons. The molecular weight excluding hydrogens is 224 g/mol. The van der Waals surface area contributed by atoms with Gasteiger partial charge in [-0.3, -0.25) is 4.79 Å². The largest absolute Gasteiger partial charge is 0.349 e. The molecule has 0 heterocycles. The van der Waals surface area contributed by atoms with Crippen molar-refractivity contribution in [2.75, 3.05) is 0 Å². The SMILES string of the molecule is CC(NC(=O)C(C)C(C)C)c1ccc(CN)cc1. The summed E-state index contributed by atoms with van der Waals surface area (Å²) in [5.41, 5.74) is 7.77. The zero-order valence-corrected chi connectivity index (χ0v) is 11.7. The van der Waals surface area contributed by atoms with Crippen molar-refractivity contribution in [2.45, 2.75) is 40.3 Å². The maximum atomic E-state index is 12.0. The molecule has 18 heavy (non-hydrogen) atoms. The molecule has 3 heteroatoms. The van der Waals surface area contributed by atoms with E-state index in [0.29, 0.717) is 12.5 Å². The fourth-order valence-electron chi connectivity index (χ4n) is 1.67. The lowest BCUT2D eigenvalue weighted by Crippen LogP contribution is -2.33. The summed E-state index contributed by atoms with van der Waals surface area (Å²) >= 11 is 0. The van der Waals surface area contributed by atoms with E-state index in [1.165, 1.54) is 0 Å². The summed E-state index contributed by atoms with van der Waals surface area (Å²) in [7, 11) is 0. The van der Waals surface area contributed by atoms with E-state index >= 15 is 0 Å². The van der Waals surface area contributed by atoms with Crippen LogP contribution >= 0.6 is 0 Å². The number of carbonyl (C=O) groups excluding carboxylic acids is 1. The van der Waals surface area contributed by atoms with Crippen molar-refractivity contribution in [3.8, 4) is 0 Å². The van der Waals surface area contributed by atoms with Gasteiger partial charge < -0.3 is 11.1 Å². The second-order valence-corrected chi connectivity index (χ2v) is 5.21. The van der Waals surface area contributed by atoms with Crippen LogP contribution in [0.15, 0.2) is 24.3 Å². The highest BCUT2D eigenvalue weighted by Crippen LogP contribution is 2.16. The van der Waals surface area contributed by atoms with Crippen molar-refractivity contribution >= 4 is 5.91 Å². The highest BCUT2D eigenvalue weighted by molar-refractivity contribution is 5.78. The van der Waals surface area contributed by atoms with Crippen LogP contribution in [0.2, 0.25) is 0 Å². The van der Waals surface area contributed by atoms with Crippen molar-refractivity contribution in [2.24, 2.45) is 17.6 Å². The number of rotatable bonds is 5. The minimum Gasteiger partial charge on any atom is -0.349 e. The highest BCUT2D eigenvalue weighted by Gasteiger charge is 2.18. The molecule has 0 aliphatic carbocycles. The second-order valence-electron chi connectivity index (χ2n) is 5.21. The van der Waals surface area contributed by atoms with Gasteiger partial charge in [-0.25, -0.2) is 0 Å². The van der Waals surface area contributed by atoms with Crippen LogP contribution in [0.4, 0.5) is 0 Å². The van der Waals surface area contributed by atoms with Crippen molar-refractivity contribution in [1.29, 1.82) is 0 Å². The Morgan fingerprint density at radius 3 is 2.17 bits per heavy atom. The normalized spacial score (nSPS) is 14.3. The molecule has 1 rings (SSSR count). The smallest absolute Gasteiger partial charge is 0.223 e. The van der Waals surface area contributed by atoms with E-state index < -0.39 is 0 Å². The van der Waals surface area contributed by atoms with Crippen LogP contribution in [0, 0.1) is 11.8 Å². The number of hydrogen-bond donors (Lipinski definition) is 2. The Morgan fingerprint density at radius 2 is 1.72 bits per heavy atom. The third-order valence-corrected chi connectivity index (χ3v) is 3.49. The Balaban J connectivity index is 2.64. The van der Waals surface area contributed by atoms with E-state index in [0.717, 1.165) is 11.1 Å². The summed E-state index contributed by atoms with van der Waals surface area (Å²) in [6.07, 6.45) is 0. The third kappa shape index (κ3) is 3.84. The van der Waals surface area contributed by atoms with Gasteiger partial charge in [-0.15, -0.1) is 0 Å². The molecule has 1 amide bonds. The average Bonchev–Trinajstić information content (AvgIpc) is 2.37. The third-order valence-electron chi connectivity index (χ3n) is 3.49. The Hall–Kier alpha value is -1.35. The first kappa shape index (κ1) is 14.7. The van der Waals surface area contributed by atoms with Crippen LogP contribution in [0.25, 0.3) is 0 Å². The maximum absolute atomic E-state index is 12.0. The maximum Gasteiger partial charge on any atom is 0.223 e. The topological polar surface area (TPSA) is 55.1 Å². The van der Waals surface area contributed by atoms with Gasteiger partial charge in [-0.05, 0) is 24.0 Å². The number of nitrogens with one attached hydrogen (secondary N) is 1. The average molecular weight is 248 g/mol. The lowest BCUT2D eigenvalue weighted by atomic mass is 9.96. The molecule has 1 aromatic carbocycles. The number of amides is 1. The van der Waals surface area contributed by atoms with Crippen LogP contribution in [0.1, 0.15) is 44.9 Å². The number of hydrogen-bond acceptors (Lipinski definition) is 2. The van der Waals surface area contributed by atoms with E-state index in [2.05, 4.69) is 19.2 Å². The first-order valence-electron chi connectivity index (χ1n) is 6.55. The molecule has 0 aliphatic heterocycles. The number of carbonyl (C=O) groups is 1. The fraction of sp³-hybridized carbons (Fsp3) is 0.533. The van der Waals surface area contributed by atoms with Crippen LogP contribution in [-0.4, -0.2) is 5.91 Å². The molecule has 0 saturated heterocycles. The lowest BCUT2D eigenvalue weighted by Gasteiger charge is -2.20. The molecule has 0 fully saturated rings. The van der Waals surface area contributed by atoms with Gasteiger partial charge in [0.05, 0.1) is 6.04 Å². The van der Waals surface area contributed by atoms with E-state index in [1.54, 1.807) is 0 Å². The number of nitrogens with two attached hydrogens (primary N) is 1. The zero-order chi connectivity index (χ0) is 13.7. The van der Waals surface area contributed by atoms with Crippen LogP contribution < -0.4 is 11.1 Å². The Kier molecular flexibility index (Phi) is 5.35. The van der Waals surface area contributed by atoms with Crippen molar-refractivity contribution in [3.05, 3.63) is 35.4 Å². The molecule has 0 saturated carbocycles. The molecule has 0 bridgehead atoms. The van der Waals surface area contributed by atoms with E-state index in [4.69, 9.17) is 5.73 Å². The van der Waals surface area contributed by atoms with E-state index in [1.807, 2.05) is 38.1 Å². The highest BCUT2D eigenvalue weighted by atomic mass is 16.1. The first-order chi connectivity index (χ1) is 8.45. The molecule has 0 aliphatic rings. The van der Waals surface area contributed by atoms with Gasteiger partial charge in [0.1, 0.15) is 0 Å². The summed E-state index contributed by atoms with van der Waals surface area (Å²) < 4.78 is 0. The van der Waals surface area contributed by atoms with Gasteiger partial charge in [0.25, 0.3) is 0 Å². The molecule has 0 spiro atoms. The van der Waals surface area contributed by atoms with Crippen LogP contribution in [0.3, 0.4) is 0 Å². The Labute approximate surface area is 110 Å². The summed E-state index contributed by atoms with van der Waals surface area (Å²) in [6, 6.07) is 8.08. The van der Waals surface area contributed by atoms with E-state index in [-0.39, 0.29) is 17.9 Å². The molecule has 2 unspecified atom stereocenters. The lowest BCUT2D eigenvalue weighted by molar-refractivity contribution is -0.126. The minimum absolute atomic E-state index is 0.0329. The molecule has 100 valence electrons. The van der Waals surface area contributed by atoms with Crippen LogP contribution in [0.5, 0.6) is 0 Å². The van der Waals surface area contributed by atoms with Crippen LogP contribution in [-0.2, 0) is 11.3 Å². The predicted molar refractivity (Wildman–Crippen MR) is 74.9 cm³/mol. The molecule has 3 nitrogen and oxygen atoms in total. The summed E-state index contributed by atoms with van der Waals surface area (Å²) in [4.78, 5) is 12.0. The van der Waals surface area contributed by atoms with Gasteiger partial charge in [0.15, 0.2) is 0 Å². The second kappa shape index (κ2) is 6.55. The van der Waals surface area contributed by atoms with Gasteiger partial charge in [0.2, 0.25) is 5.91 Å². The molecule has 2 atom stereocenters. The monoisotopic (exact) mass is 248 g/mol. The van der Waals surface area contributed by atoms with Crippen molar-refractivity contribution in [3.63, 3.8) is 0 Å². The van der Waals surface area contributed by atoms with Gasteiger partial charge in [0, 0.05) is 12.5 Å². The van der Waals surface area contributed by atoms with Gasteiger partial charge >= 0.3 is 0 Å². The predicted octanol–water partition coefficient (Wildman–Crippen LogP) is 2.61. The van der Waals surface area contributed by atoms with E-state index in [9.17, 15) is 4.79 Å². The Morgan fingerprint density at radius 1 is 1.17 bits per heavy atom. The standard InChI is InChI=1S/C15H24N2O/c1-10(2)11(3)15(18)17-12(4)14-7-5-13(9-16)6-8-14/h5-8,10-12H,9,16H2,1-4H3,(H,17,18). The fourth-order valence-corrected chi connectivity index (χ4v) is 1.67. The number of benzene rings is 1. The quantitative estimate of drug-likeness (QED) is 0.841. The summed E-state index contributed by atoms with van der Waals surface area (Å²) in [5.74, 6) is 0.507. The summed E-state index contributed by atoms with van der Waals surface area (Å²) in [5, 5.41) is 3.04. The van der Waals surface area contributed by atoms with Crippen molar-refractivity contribution in [1.82, 2.24) is 5.32 Å². The molecular formula is C15H24N2O. The van der Waals surface area contributed by atoms with Gasteiger partial charge in [-0.2, -0.15) is 0 Å². The summed E-state index contributed by atoms with van der Waals surface area (Å²) in [6.45, 7) is 8.63. The molecule has 0 aromatic heterocycles. The zero-order valence-electron chi connectivity index (χ0n) is 11.7. The van der Waals surface area contributed by atoms with Crippen molar-refractivity contribution < 1.29 is 4.79 Å². The molecule has 3 N–H and O–H groups in total. The molecule has 1 aromatic rings. The van der Waals surface area contributed by atoms with Gasteiger partial charge in [-0.1, -0.05) is 45.0 Å². The first-order valence-corrected chi connectivity index (χ1v) is 6.55. The Bertz CT molecular complexity index is 384. The minimum atomic E-state index is 0.0329.